The van der Waals surface area contributed by atoms with Crippen LogP contribution in [0.25, 0.3) is 33.3 Å². The zero-order chi connectivity index (χ0) is 28.1. The van der Waals surface area contributed by atoms with Crippen LogP contribution in [-0.4, -0.2) is 38.6 Å². The number of benzene rings is 2. The fourth-order valence-electron chi connectivity index (χ4n) is 4.53. The predicted molar refractivity (Wildman–Crippen MR) is 143 cm³/mol. The number of phenols is 1. The van der Waals surface area contributed by atoms with Gasteiger partial charge in [0.15, 0.2) is 5.65 Å². The summed E-state index contributed by atoms with van der Waals surface area (Å²) in [6.45, 7) is 6.53. The summed E-state index contributed by atoms with van der Waals surface area (Å²) in [5.74, 6) is 0.660. The lowest BCUT2D eigenvalue weighted by molar-refractivity contribution is -0.0429. The molecule has 0 radical (unpaired) electrons. The molecule has 2 aromatic carbocycles. The van der Waals surface area contributed by atoms with Gasteiger partial charge in [0.05, 0.1) is 23.4 Å². The number of sulfonamides is 1. The van der Waals surface area contributed by atoms with E-state index in [0.717, 1.165) is 63.8 Å². The van der Waals surface area contributed by atoms with E-state index < -0.39 is 15.5 Å². The lowest BCUT2D eigenvalue weighted by Crippen LogP contribution is -2.30. The summed E-state index contributed by atoms with van der Waals surface area (Å²) < 4.78 is 65.9. The lowest BCUT2D eigenvalue weighted by Gasteiger charge is -2.15. The summed E-state index contributed by atoms with van der Waals surface area (Å²) >= 11 is 0. The summed E-state index contributed by atoms with van der Waals surface area (Å²) in [5.41, 5.74) is -0.496. The minimum Gasteiger partial charge on any atom is -0.508 e. The van der Waals surface area contributed by atoms with Gasteiger partial charge < -0.3 is 9.67 Å². The number of rotatable bonds is 6. The van der Waals surface area contributed by atoms with Crippen molar-refractivity contribution in [2.75, 3.05) is 4.72 Å². The largest absolute Gasteiger partial charge is 0.516 e. The molecule has 0 unspecified atom stereocenters. The molecular formula is C27H24F3N5O3S. The van der Waals surface area contributed by atoms with Crippen molar-refractivity contribution in [2.45, 2.75) is 39.2 Å². The minimum atomic E-state index is -5.67. The van der Waals surface area contributed by atoms with Crippen molar-refractivity contribution in [3.05, 3.63) is 77.2 Å². The highest BCUT2D eigenvalue weighted by molar-refractivity contribution is 7.93. The van der Waals surface area contributed by atoms with Crippen LogP contribution in [0.2, 0.25) is 0 Å². The molecule has 5 rings (SSSR count). The van der Waals surface area contributed by atoms with Crippen LogP contribution in [0.15, 0.2) is 54.6 Å². The maximum atomic E-state index is 13.0. The van der Waals surface area contributed by atoms with Crippen molar-refractivity contribution in [1.82, 2.24) is 19.5 Å². The van der Waals surface area contributed by atoms with Gasteiger partial charge in [0.1, 0.15) is 17.1 Å². The quantitative estimate of drug-likeness (QED) is 0.255. The number of phenolic OH excluding ortho intramolecular Hbond substituents is 1. The Hall–Kier alpha value is -4.19. The number of hydrogen-bond donors (Lipinski definition) is 2. The van der Waals surface area contributed by atoms with E-state index in [9.17, 15) is 26.7 Å². The van der Waals surface area contributed by atoms with Crippen LogP contribution in [0, 0.1) is 13.8 Å². The Morgan fingerprint density at radius 3 is 2.46 bits per heavy atom. The van der Waals surface area contributed by atoms with Gasteiger partial charge in [0.25, 0.3) is 0 Å². The molecule has 0 bridgehead atoms. The standard InChI is InChI=1S/C27H24F3N5O3S/c1-4-24-33-25-15(2)11-16(3)31-26(25)35(24)14-17-5-8-21-18(12-17)6-9-22(32-21)20-13-19(36)7-10-23(20)34-39(37,38)27(28,29)30/h5-13,34,36H,4,14H2,1-3H3. The molecular weight excluding hydrogens is 531 g/mol. The summed E-state index contributed by atoms with van der Waals surface area (Å²) in [4.78, 5) is 14.0. The molecule has 3 heterocycles. The number of nitrogens with one attached hydrogen (secondary N) is 1. The van der Waals surface area contributed by atoms with Gasteiger partial charge in [-0.1, -0.05) is 19.1 Å². The highest BCUT2D eigenvalue weighted by atomic mass is 32.2. The number of nitrogens with zero attached hydrogens (tertiary/aromatic N) is 4. The Kier molecular flexibility index (Phi) is 6.45. The molecule has 8 nitrogen and oxygen atoms in total. The van der Waals surface area contributed by atoms with Gasteiger partial charge in [0.2, 0.25) is 0 Å². The second kappa shape index (κ2) is 9.53. The van der Waals surface area contributed by atoms with Gasteiger partial charge in [-0.2, -0.15) is 21.6 Å². The van der Waals surface area contributed by atoms with Crippen molar-refractivity contribution in [2.24, 2.45) is 0 Å². The van der Waals surface area contributed by atoms with Crippen LogP contribution >= 0.6 is 0 Å². The van der Waals surface area contributed by atoms with E-state index in [4.69, 9.17) is 9.97 Å². The van der Waals surface area contributed by atoms with E-state index in [1.165, 1.54) is 0 Å². The van der Waals surface area contributed by atoms with Gasteiger partial charge in [0, 0.05) is 23.1 Å². The Morgan fingerprint density at radius 1 is 0.974 bits per heavy atom. The van der Waals surface area contributed by atoms with Crippen LogP contribution in [0.3, 0.4) is 0 Å². The van der Waals surface area contributed by atoms with Gasteiger partial charge in [-0.3, -0.25) is 4.72 Å². The third-order valence-electron chi connectivity index (χ3n) is 6.34. The molecule has 0 amide bonds. The monoisotopic (exact) mass is 555 g/mol. The fourth-order valence-corrected chi connectivity index (χ4v) is 5.11. The van der Waals surface area contributed by atoms with Crippen LogP contribution in [0.1, 0.15) is 29.6 Å². The van der Waals surface area contributed by atoms with Gasteiger partial charge >= 0.3 is 15.5 Å². The van der Waals surface area contributed by atoms with E-state index in [1.807, 2.05) is 39.0 Å². The summed E-state index contributed by atoms with van der Waals surface area (Å²) in [5, 5.41) is 10.7. The van der Waals surface area contributed by atoms with Crippen LogP contribution < -0.4 is 4.72 Å². The number of aryl methyl sites for hydroxylation is 3. The molecule has 0 saturated heterocycles. The highest BCUT2D eigenvalue weighted by Gasteiger charge is 2.46. The highest BCUT2D eigenvalue weighted by Crippen LogP contribution is 2.34. The lowest BCUT2D eigenvalue weighted by atomic mass is 10.1. The number of imidazole rings is 1. The Labute approximate surface area is 222 Å². The minimum absolute atomic E-state index is 0.00286. The van der Waals surface area contributed by atoms with Crippen molar-refractivity contribution < 1.29 is 26.7 Å². The number of fused-ring (bicyclic) bond motifs is 2. The molecule has 0 saturated carbocycles. The molecule has 202 valence electrons. The first-order valence-corrected chi connectivity index (χ1v) is 13.5. The molecule has 3 aromatic heterocycles. The molecule has 0 aliphatic heterocycles. The smallest absolute Gasteiger partial charge is 0.508 e. The van der Waals surface area contributed by atoms with E-state index in [2.05, 4.69) is 9.55 Å². The predicted octanol–water partition coefficient (Wildman–Crippen LogP) is 5.84. The molecule has 0 aliphatic carbocycles. The van der Waals surface area contributed by atoms with Gasteiger partial charge in [-0.05, 0) is 67.4 Å². The maximum Gasteiger partial charge on any atom is 0.516 e. The number of halogens is 3. The maximum absolute atomic E-state index is 13.0. The molecule has 39 heavy (non-hydrogen) atoms. The summed E-state index contributed by atoms with van der Waals surface area (Å²) in [6, 6.07) is 14.2. The summed E-state index contributed by atoms with van der Waals surface area (Å²) in [6.07, 6.45) is 0.734. The second-order valence-corrected chi connectivity index (χ2v) is 10.9. The summed E-state index contributed by atoms with van der Waals surface area (Å²) in [7, 11) is -5.67. The first-order chi connectivity index (χ1) is 18.4. The molecule has 5 aromatic rings. The van der Waals surface area contributed by atoms with E-state index in [1.54, 1.807) is 22.9 Å². The SMILES string of the molecule is CCc1nc2c(C)cc(C)nc2n1Cc1ccc2nc(-c3cc(O)ccc3NS(=O)(=O)C(F)(F)F)ccc2c1. The number of aromatic hydroxyl groups is 1. The number of pyridine rings is 2. The fraction of sp³-hybridized carbons (Fsp3) is 0.222. The van der Waals surface area contributed by atoms with Crippen molar-refractivity contribution >= 4 is 37.8 Å². The topological polar surface area (TPSA) is 110 Å². The zero-order valence-electron chi connectivity index (χ0n) is 21.2. The number of hydrogen-bond acceptors (Lipinski definition) is 6. The zero-order valence-corrected chi connectivity index (χ0v) is 22.0. The molecule has 0 spiro atoms. The average Bonchev–Trinajstić information content (AvgIpc) is 3.21. The third kappa shape index (κ3) is 4.99. The molecule has 2 N–H and O–H groups in total. The normalized spacial score (nSPS) is 12.4. The molecule has 12 heteroatoms. The van der Waals surface area contributed by atoms with Crippen molar-refractivity contribution in [3.63, 3.8) is 0 Å². The van der Waals surface area contributed by atoms with Crippen molar-refractivity contribution in [3.8, 4) is 17.0 Å². The Morgan fingerprint density at radius 2 is 1.74 bits per heavy atom. The van der Waals surface area contributed by atoms with E-state index in [0.29, 0.717) is 12.1 Å². The van der Waals surface area contributed by atoms with Crippen LogP contribution in [0.4, 0.5) is 18.9 Å². The first-order valence-electron chi connectivity index (χ1n) is 12.0. The van der Waals surface area contributed by atoms with E-state index in [-0.39, 0.29) is 22.7 Å². The number of anilines is 1. The first kappa shape index (κ1) is 26.4. The molecule has 0 aliphatic rings. The third-order valence-corrected chi connectivity index (χ3v) is 7.44. The van der Waals surface area contributed by atoms with Crippen LogP contribution in [-0.2, 0) is 23.0 Å². The average molecular weight is 556 g/mol. The van der Waals surface area contributed by atoms with E-state index >= 15 is 0 Å². The molecule has 0 atom stereocenters. The van der Waals surface area contributed by atoms with Gasteiger partial charge in [-0.25, -0.2) is 15.0 Å². The van der Waals surface area contributed by atoms with Crippen molar-refractivity contribution in [1.29, 1.82) is 0 Å². The Bertz CT molecular complexity index is 1850. The Balaban J connectivity index is 1.52. The van der Waals surface area contributed by atoms with Gasteiger partial charge in [-0.15, -0.1) is 0 Å². The number of alkyl halides is 3. The van der Waals surface area contributed by atoms with Crippen LogP contribution in [0.5, 0.6) is 5.75 Å². The second-order valence-electron chi connectivity index (χ2n) is 9.23. The molecule has 0 fully saturated rings. The number of aromatic nitrogens is 4.